The number of benzene rings is 1. The van der Waals surface area contributed by atoms with Crippen LogP contribution in [0.1, 0.15) is 0 Å². The maximum Gasteiger partial charge on any atom is 0.217 e. The molecule has 0 radical (unpaired) electrons. The Morgan fingerprint density at radius 1 is 1.44 bits per heavy atom. The zero-order chi connectivity index (χ0) is 12.0. The van der Waals surface area contributed by atoms with E-state index < -0.39 is 26.2 Å². The van der Waals surface area contributed by atoms with Crippen molar-refractivity contribution in [3.8, 4) is 0 Å². The van der Waals surface area contributed by atoms with Crippen molar-refractivity contribution in [2.75, 3.05) is 0 Å². The number of rotatable bonds is 6. The van der Waals surface area contributed by atoms with Gasteiger partial charge in [-0.05, 0) is 18.3 Å². The molecule has 0 bridgehead atoms. The molecule has 16 heavy (non-hydrogen) atoms. The van der Waals surface area contributed by atoms with Gasteiger partial charge in [0.05, 0.1) is 0 Å². The number of hydrogen-bond acceptors (Lipinski definition) is 2. The van der Waals surface area contributed by atoms with Crippen molar-refractivity contribution in [2.24, 2.45) is 0 Å². The average Bonchev–Trinajstić information content (AvgIpc) is 2.36. The summed E-state index contributed by atoms with van der Waals surface area (Å²) in [7, 11) is -2.62. The SMILES string of the molecule is C=C[SiH](C)O[SiH2][Si](C)(O[SiH3])c1ccccc1. The second-order valence-electron chi connectivity index (χ2n) is 4.05. The minimum atomic E-state index is -1.71. The Balaban J connectivity index is 2.74. The summed E-state index contributed by atoms with van der Waals surface area (Å²) in [5.41, 5.74) is 1.99. The van der Waals surface area contributed by atoms with Crippen molar-refractivity contribution in [1.29, 1.82) is 0 Å². The molecule has 0 saturated carbocycles. The van der Waals surface area contributed by atoms with Crippen LogP contribution >= 0.6 is 0 Å². The van der Waals surface area contributed by atoms with Crippen LogP contribution in [0.3, 0.4) is 0 Å². The van der Waals surface area contributed by atoms with E-state index >= 15 is 0 Å². The molecule has 0 amide bonds. The largest absolute Gasteiger partial charge is 0.461 e. The van der Waals surface area contributed by atoms with Gasteiger partial charge < -0.3 is 8.23 Å². The fraction of sp³-hybridized carbons (Fsp3) is 0.200. The molecule has 0 aliphatic heterocycles. The van der Waals surface area contributed by atoms with Gasteiger partial charge >= 0.3 is 0 Å². The molecule has 0 heterocycles. The molecule has 0 N–H and O–H groups in total. The molecule has 2 atom stereocenters. The zero-order valence-corrected chi connectivity index (χ0v) is 15.8. The van der Waals surface area contributed by atoms with Gasteiger partial charge in [0.25, 0.3) is 0 Å². The molecule has 2 nitrogen and oxygen atoms in total. The standard InChI is InChI=1S/C10H20O2Si4/c1-4-15(2)12-14-16(3,11-13)10-8-6-5-7-9-10/h4-9,15H,1,14H2,2-3,13H3. The first-order valence-corrected chi connectivity index (χ1v) is 13.9. The maximum atomic E-state index is 6.02. The highest BCUT2D eigenvalue weighted by molar-refractivity contribution is 7.27. The fourth-order valence-corrected chi connectivity index (χ4v) is 14.3. The first kappa shape index (κ1) is 13.8. The van der Waals surface area contributed by atoms with E-state index in [1.165, 1.54) is 5.19 Å². The lowest BCUT2D eigenvalue weighted by Gasteiger charge is -2.27. The van der Waals surface area contributed by atoms with Gasteiger partial charge in [-0.2, -0.15) is 0 Å². The van der Waals surface area contributed by atoms with Crippen LogP contribution in [0.4, 0.5) is 0 Å². The smallest absolute Gasteiger partial charge is 0.217 e. The molecule has 0 spiro atoms. The van der Waals surface area contributed by atoms with Crippen molar-refractivity contribution in [2.45, 2.75) is 13.1 Å². The maximum absolute atomic E-state index is 6.02. The Bertz CT molecular complexity index is 333. The van der Waals surface area contributed by atoms with Crippen molar-refractivity contribution < 1.29 is 8.23 Å². The Morgan fingerprint density at radius 2 is 2.06 bits per heavy atom. The van der Waals surface area contributed by atoms with Gasteiger partial charge in [-0.15, -0.1) is 6.58 Å². The molecular weight excluding hydrogens is 264 g/mol. The van der Waals surface area contributed by atoms with Crippen LogP contribution in [0.2, 0.25) is 13.1 Å². The monoisotopic (exact) mass is 284 g/mol. The van der Waals surface area contributed by atoms with Crippen molar-refractivity contribution >= 4 is 41.8 Å². The molecule has 6 heteroatoms. The van der Waals surface area contributed by atoms with Crippen LogP contribution in [0, 0.1) is 0 Å². The molecule has 0 aromatic heterocycles. The van der Waals surface area contributed by atoms with Crippen LogP contribution in [0.5, 0.6) is 0 Å². The molecular formula is C10H20O2Si4. The second kappa shape index (κ2) is 6.47. The molecule has 88 valence electrons. The Labute approximate surface area is 106 Å². The summed E-state index contributed by atoms with van der Waals surface area (Å²) in [5.74, 6) is 0. The van der Waals surface area contributed by atoms with Gasteiger partial charge in [-0.25, -0.2) is 0 Å². The first-order valence-electron chi connectivity index (χ1n) is 5.47. The van der Waals surface area contributed by atoms with Crippen LogP contribution in [0.25, 0.3) is 0 Å². The molecule has 0 aliphatic rings. The molecule has 1 aromatic carbocycles. The lowest BCUT2D eigenvalue weighted by molar-refractivity contribution is 0.602. The van der Waals surface area contributed by atoms with E-state index in [1.54, 1.807) is 0 Å². The summed E-state index contributed by atoms with van der Waals surface area (Å²) in [5, 5.41) is 1.38. The molecule has 1 rings (SSSR count). The van der Waals surface area contributed by atoms with Gasteiger partial charge in [0.15, 0.2) is 18.3 Å². The summed E-state index contributed by atoms with van der Waals surface area (Å²) in [6.07, 6.45) is 0. The highest BCUT2D eigenvalue weighted by Crippen LogP contribution is 2.04. The van der Waals surface area contributed by atoms with Crippen molar-refractivity contribution in [3.63, 3.8) is 0 Å². The van der Waals surface area contributed by atoms with E-state index in [4.69, 9.17) is 8.23 Å². The predicted molar refractivity (Wildman–Crippen MR) is 81.6 cm³/mol. The van der Waals surface area contributed by atoms with Crippen LogP contribution < -0.4 is 5.19 Å². The minimum absolute atomic E-state index is 0.586. The third-order valence-corrected chi connectivity index (χ3v) is 18.9. The highest BCUT2D eigenvalue weighted by Gasteiger charge is 2.31. The lowest BCUT2D eigenvalue weighted by Crippen LogP contribution is -2.55. The van der Waals surface area contributed by atoms with Crippen LogP contribution in [-0.4, -0.2) is 36.6 Å². The van der Waals surface area contributed by atoms with E-state index in [1.807, 2.05) is 5.70 Å². The second-order valence-corrected chi connectivity index (χ2v) is 17.1. The quantitative estimate of drug-likeness (QED) is 0.652. The third kappa shape index (κ3) is 3.65. The fourth-order valence-electron chi connectivity index (χ4n) is 1.41. The van der Waals surface area contributed by atoms with E-state index in [-0.39, 0.29) is 0 Å². The van der Waals surface area contributed by atoms with Crippen LogP contribution in [0.15, 0.2) is 42.6 Å². The predicted octanol–water partition coefficient (Wildman–Crippen LogP) is -0.558. The van der Waals surface area contributed by atoms with E-state index in [9.17, 15) is 0 Å². The molecule has 0 aliphatic carbocycles. The molecule has 2 unspecified atom stereocenters. The summed E-state index contributed by atoms with van der Waals surface area (Å²) in [4.78, 5) is 0. The van der Waals surface area contributed by atoms with Gasteiger partial charge in [0, 0.05) is 0 Å². The van der Waals surface area contributed by atoms with Gasteiger partial charge in [-0.1, -0.05) is 36.0 Å². The molecule has 1 aromatic rings. The lowest BCUT2D eigenvalue weighted by atomic mass is 10.4. The summed E-state index contributed by atoms with van der Waals surface area (Å²) in [6.45, 7) is 8.26. The highest BCUT2D eigenvalue weighted by atomic mass is 29.2. The van der Waals surface area contributed by atoms with Crippen molar-refractivity contribution in [3.05, 3.63) is 42.6 Å². The van der Waals surface area contributed by atoms with E-state index in [0.29, 0.717) is 0 Å². The van der Waals surface area contributed by atoms with Gasteiger partial charge in [0.2, 0.25) is 7.83 Å². The van der Waals surface area contributed by atoms with E-state index in [0.717, 1.165) is 10.5 Å². The molecule has 0 fully saturated rings. The number of hydrogen-bond donors (Lipinski definition) is 0. The normalized spacial score (nSPS) is 17.4. The minimum Gasteiger partial charge on any atom is -0.461 e. The topological polar surface area (TPSA) is 18.5 Å². The summed E-state index contributed by atoms with van der Waals surface area (Å²) < 4.78 is 11.9. The average molecular weight is 285 g/mol. The Kier molecular flexibility index (Phi) is 5.59. The third-order valence-electron chi connectivity index (χ3n) is 2.79. The Hall–Kier alpha value is -0.252. The van der Waals surface area contributed by atoms with Crippen molar-refractivity contribution in [1.82, 2.24) is 0 Å². The molecule has 0 saturated heterocycles. The summed E-state index contributed by atoms with van der Waals surface area (Å²) >= 11 is 0. The zero-order valence-electron chi connectivity index (χ0n) is 10.3. The Morgan fingerprint density at radius 3 is 2.56 bits per heavy atom. The van der Waals surface area contributed by atoms with E-state index in [2.05, 4.69) is 50.0 Å². The summed E-state index contributed by atoms with van der Waals surface area (Å²) in [6, 6.07) is 10.6. The van der Waals surface area contributed by atoms with Gasteiger partial charge in [-0.3, -0.25) is 0 Å². The van der Waals surface area contributed by atoms with Crippen LogP contribution in [-0.2, 0) is 8.23 Å². The first-order chi connectivity index (χ1) is 7.62. The van der Waals surface area contributed by atoms with Gasteiger partial charge in [0.1, 0.15) is 10.5 Å².